The molecule has 18 heavy (non-hydrogen) atoms. The van der Waals surface area contributed by atoms with E-state index in [1.54, 1.807) is 4.68 Å². The summed E-state index contributed by atoms with van der Waals surface area (Å²) in [7, 11) is 0. The van der Waals surface area contributed by atoms with Crippen LogP contribution in [0, 0.1) is 0 Å². The number of nitrogens with one attached hydrogen (secondary N) is 1. The summed E-state index contributed by atoms with van der Waals surface area (Å²) in [5.74, 6) is -0.235. The van der Waals surface area contributed by atoms with Crippen molar-refractivity contribution >= 4 is 11.6 Å². The quantitative estimate of drug-likeness (QED) is 0.765. The number of nitrogen functional groups attached to an aromatic ring is 1. The number of carbonyl (C=O) groups is 1. The van der Waals surface area contributed by atoms with E-state index in [0.717, 1.165) is 0 Å². The average molecular weight is 254 g/mol. The minimum absolute atomic E-state index is 0.0954. The Bertz CT molecular complexity index is 412. The summed E-state index contributed by atoms with van der Waals surface area (Å²) in [4.78, 5) is 12.0. The van der Waals surface area contributed by atoms with Crippen LogP contribution in [0.5, 0.6) is 0 Å². The van der Waals surface area contributed by atoms with Crippen LogP contribution in [-0.2, 0) is 16.0 Å². The molecule has 0 saturated carbocycles. The summed E-state index contributed by atoms with van der Waals surface area (Å²) in [6.07, 6.45) is 1.39. The largest absolute Gasteiger partial charge is 0.396 e. The van der Waals surface area contributed by atoms with Gasteiger partial charge >= 0.3 is 0 Å². The first-order valence-electron chi connectivity index (χ1n) is 6.01. The van der Waals surface area contributed by atoms with Crippen LogP contribution in [-0.4, -0.2) is 48.2 Å². The molecular weight excluding hydrogens is 236 g/mol. The monoisotopic (exact) mass is 254 g/mol. The minimum atomic E-state index is -0.235. The molecule has 1 unspecified atom stereocenters. The number of rotatable bonds is 4. The van der Waals surface area contributed by atoms with Crippen molar-refractivity contribution in [2.24, 2.45) is 0 Å². The van der Waals surface area contributed by atoms with E-state index in [9.17, 15) is 4.79 Å². The van der Waals surface area contributed by atoms with Gasteiger partial charge in [-0.2, -0.15) is 5.10 Å². The lowest BCUT2D eigenvalue weighted by atomic mass is 10.3. The van der Waals surface area contributed by atoms with Crippen LogP contribution < -0.4 is 11.1 Å². The van der Waals surface area contributed by atoms with Crippen LogP contribution in [0.2, 0.25) is 0 Å². The van der Waals surface area contributed by atoms with E-state index in [1.807, 2.05) is 6.92 Å². The van der Waals surface area contributed by atoms with Gasteiger partial charge in [-0.3, -0.25) is 9.48 Å². The molecule has 0 aromatic carbocycles. The van der Waals surface area contributed by atoms with Gasteiger partial charge in [-0.1, -0.05) is 0 Å². The van der Waals surface area contributed by atoms with E-state index in [1.165, 1.54) is 6.20 Å². The maximum absolute atomic E-state index is 12.0. The highest BCUT2D eigenvalue weighted by Gasteiger charge is 2.19. The molecule has 1 aliphatic heterocycles. The van der Waals surface area contributed by atoms with Crippen molar-refractivity contribution in [2.75, 3.05) is 32.1 Å². The molecule has 1 atom stereocenters. The Hall–Kier alpha value is -1.60. The lowest BCUT2D eigenvalue weighted by molar-refractivity contribution is -0.0855. The van der Waals surface area contributed by atoms with Gasteiger partial charge in [0, 0.05) is 13.1 Å². The molecule has 7 heteroatoms. The summed E-state index contributed by atoms with van der Waals surface area (Å²) >= 11 is 0. The van der Waals surface area contributed by atoms with Gasteiger partial charge < -0.3 is 20.5 Å². The van der Waals surface area contributed by atoms with E-state index >= 15 is 0 Å². The van der Waals surface area contributed by atoms with Gasteiger partial charge in [-0.15, -0.1) is 0 Å². The van der Waals surface area contributed by atoms with Gasteiger partial charge in [0.1, 0.15) is 5.69 Å². The number of aromatic nitrogens is 2. The molecule has 3 N–H and O–H groups in total. The van der Waals surface area contributed by atoms with E-state index < -0.39 is 0 Å². The van der Waals surface area contributed by atoms with Gasteiger partial charge in [0.05, 0.1) is 37.8 Å². The van der Waals surface area contributed by atoms with Gasteiger partial charge in [-0.25, -0.2) is 0 Å². The van der Waals surface area contributed by atoms with Crippen molar-refractivity contribution in [3.05, 3.63) is 11.9 Å². The van der Waals surface area contributed by atoms with Crippen LogP contribution in [0.25, 0.3) is 0 Å². The third kappa shape index (κ3) is 2.80. The predicted molar refractivity (Wildman–Crippen MR) is 65.2 cm³/mol. The van der Waals surface area contributed by atoms with E-state index in [-0.39, 0.29) is 12.0 Å². The van der Waals surface area contributed by atoms with Gasteiger partial charge in [-0.05, 0) is 6.92 Å². The number of amides is 1. The number of anilines is 1. The zero-order valence-electron chi connectivity index (χ0n) is 10.4. The van der Waals surface area contributed by atoms with Crippen LogP contribution in [0.4, 0.5) is 5.69 Å². The fourth-order valence-electron chi connectivity index (χ4n) is 1.83. The molecule has 1 aromatic heterocycles. The molecule has 0 bridgehead atoms. The van der Waals surface area contributed by atoms with Crippen molar-refractivity contribution in [1.82, 2.24) is 15.1 Å². The molecule has 1 aliphatic rings. The highest BCUT2D eigenvalue weighted by Crippen LogP contribution is 2.10. The first-order valence-corrected chi connectivity index (χ1v) is 6.01. The summed E-state index contributed by atoms with van der Waals surface area (Å²) in [6, 6.07) is 0. The van der Waals surface area contributed by atoms with E-state index in [2.05, 4.69) is 10.4 Å². The molecule has 2 heterocycles. The van der Waals surface area contributed by atoms with E-state index in [4.69, 9.17) is 15.2 Å². The van der Waals surface area contributed by atoms with Crippen LogP contribution in [0.3, 0.4) is 0 Å². The molecule has 7 nitrogen and oxygen atoms in total. The Morgan fingerprint density at radius 2 is 2.50 bits per heavy atom. The second-order valence-electron chi connectivity index (χ2n) is 4.04. The Morgan fingerprint density at radius 3 is 3.17 bits per heavy atom. The molecule has 0 spiro atoms. The lowest BCUT2D eigenvalue weighted by Gasteiger charge is -2.23. The third-order valence-electron chi connectivity index (χ3n) is 2.76. The molecule has 2 rings (SSSR count). The van der Waals surface area contributed by atoms with Crippen LogP contribution in [0.1, 0.15) is 17.4 Å². The number of nitrogens with zero attached hydrogens (tertiary/aromatic N) is 2. The first kappa shape index (κ1) is 12.8. The van der Waals surface area contributed by atoms with E-state index in [0.29, 0.717) is 44.3 Å². The Balaban J connectivity index is 1.92. The average Bonchev–Trinajstić information content (AvgIpc) is 2.78. The van der Waals surface area contributed by atoms with Crippen molar-refractivity contribution in [2.45, 2.75) is 19.6 Å². The van der Waals surface area contributed by atoms with Gasteiger partial charge in [0.25, 0.3) is 5.91 Å². The zero-order chi connectivity index (χ0) is 13.0. The topological polar surface area (TPSA) is 91.4 Å². The van der Waals surface area contributed by atoms with Crippen molar-refractivity contribution in [3.63, 3.8) is 0 Å². The van der Waals surface area contributed by atoms with Crippen molar-refractivity contribution < 1.29 is 14.3 Å². The maximum Gasteiger partial charge on any atom is 0.271 e. The number of nitrogens with two attached hydrogens (primary N) is 1. The molecule has 1 fully saturated rings. The Kier molecular flexibility index (Phi) is 4.16. The second kappa shape index (κ2) is 5.83. The molecule has 1 aromatic rings. The summed E-state index contributed by atoms with van der Waals surface area (Å²) in [6.45, 7) is 4.59. The summed E-state index contributed by atoms with van der Waals surface area (Å²) in [5.41, 5.74) is 6.51. The van der Waals surface area contributed by atoms with Gasteiger partial charge in [0.15, 0.2) is 0 Å². The minimum Gasteiger partial charge on any atom is -0.396 e. The number of carbonyl (C=O) groups excluding carboxylic acids is 1. The number of hydrogen-bond acceptors (Lipinski definition) is 5. The fourth-order valence-corrected chi connectivity index (χ4v) is 1.83. The molecular formula is C11H18N4O3. The first-order chi connectivity index (χ1) is 8.72. The number of aryl methyl sites for hydroxylation is 1. The zero-order valence-corrected chi connectivity index (χ0v) is 10.4. The predicted octanol–water partition coefficient (Wildman–Crippen LogP) is -0.370. The Morgan fingerprint density at radius 1 is 1.67 bits per heavy atom. The highest BCUT2D eigenvalue weighted by atomic mass is 16.6. The van der Waals surface area contributed by atoms with Crippen molar-refractivity contribution in [3.8, 4) is 0 Å². The normalized spacial score (nSPS) is 19.7. The summed E-state index contributed by atoms with van der Waals surface area (Å²) in [5, 5.41) is 6.81. The number of ether oxygens (including phenoxy) is 2. The SMILES string of the molecule is CCn1ncc(N)c1C(=O)NCC1COCCO1. The molecule has 0 radical (unpaired) electrons. The molecule has 100 valence electrons. The summed E-state index contributed by atoms with van der Waals surface area (Å²) < 4.78 is 12.3. The van der Waals surface area contributed by atoms with Crippen LogP contribution in [0.15, 0.2) is 6.20 Å². The maximum atomic E-state index is 12.0. The van der Waals surface area contributed by atoms with Gasteiger partial charge in [0.2, 0.25) is 0 Å². The molecule has 1 amide bonds. The third-order valence-corrected chi connectivity index (χ3v) is 2.76. The second-order valence-corrected chi connectivity index (χ2v) is 4.04. The molecule has 0 aliphatic carbocycles. The standard InChI is InChI=1S/C11H18N4O3/c1-2-15-10(9(12)6-14-15)11(16)13-5-8-7-17-3-4-18-8/h6,8H,2-5,7,12H2,1H3,(H,13,16). The highest BCUT2D eigenvalue weighted by molar-refractivity contribution is 5.97. The lowest BCUT2D eigenvalue weighted by Crippen LogP contribution is -2.40. The molecule has 1 saturated heterocycles. The number of hydrogen-bond donors (Lipinski definition) is 2. The van der Waals surface area contributed by atoms with Crippen LogP contribution >= 0.6 is 0 Å². The van der Waals surface area contributed by atoms with Crippen molar-refractivity contribution in [1.29, 1.82) is 0 Å². The fraction of sp³-hybridized carbons (Fsp3) is 0.636. The smallest absolute Gasteiger partial charge is 0.271 e. The Labute approximate surface area is 105 Å².